The van der Waals surface area contributed by atoms with Gasteiger partial charge < -0.3 is 5.32 Å². The number of nitrogens with one attached hydrogen (secondary N) is 1. The van der Waals surface area contributed by atoms with Gasteiger partial charge in [-0.05, 0) is 29.8 Å². The van der Waals surface area contributed by atoms with Gasteiger partial charge in [-0.15, -0.1) is 0 Å². The van der Waals surface area contributed by atoms with Gasteiger partial charge in [0.05, 0.1) is 11.3 Å². The smallest absolute Gasteiger partial charge is 0.283 e. The largest absolute Gasteiger partial charge is 0.366 e. The first-order valence-corrected chi connectivity index (χ1v) is 8.80. The highest BCUT2D eigenvalue weighted by atomic mass is 19.1. The van der Waals surface area contributed by atoms with Crippen LogP contribution in [0.15, 0.2) is 85.2 Å². The van der Waals surface area contributed by atoms with E-state index in [1.807, 2.05) is 36.4 Å². The average Bonchev–Trinajstić information content (AvgIpc) is 3.18. The van der Waals surface area contributed by atoms with Crippen LogP contribution in [0.1, 0.15) is 15.9 Å². The number of carbonyl (C=O) groups excluding carboxylic acids is 1. The Labute approximate surface area is 161 Å². The Balaban J connectivity index is 1.71. The zero-order valence-corrected chi connectivity index (χ0v) is 14.9. The third-order valence-electron chi connectivity index (χ3n) is 4.28. The molecule has 28 heavy (non-hydrogen) atoms. The molecular weight excluding hydrogens is 355 g/mol. The molecule has 4 rings (SSSR count). The minimum atomic E-state index is -0.583. The summed E-state index contributed by atoms with van der Waals surface area (Å²) in [5.41, 5.74) is 2.36. The number of halogens is 1. The van der Waals surface area contributed by atoms with Crippen LogP contribution in [0.2, 0.25) is 0 Å². The molecule has 2 aromatic carbocycles. The Kier molecular flexibility index (Phi) is 4.93. The van der Waals surface area contributed by atoms with Crippen molar-refractivity contribution in [3.8, 4) is 11.3 Å². The van der Waals surface area contributed by atoms with Crippen molar-refractivity contribution in [1.29, 1.82) is 0 Å². The molecule has 0 fully saturated rings. The summed E-state index contributed by atoms with van der Waals surface area (Å²) in [6.45, 7) is 0.504. The predicted molar refractivity (Wildman–Crippen MR) is 105 cm³/mol. The molecule has 138 valence electrons. The van der Waals surface area contributed by atoms with Gasteiger partial charge in [-0.25, -0.2) is 4.39 Å². The van der Waals surface area contributed by atoms with Crippen LogP contribution >= 0.6 is 0 Å². The maximum atomic E-state index is 14.1. The van der Waals surface area contributed by atoms with Crippen LogP contribution in [-0.4, -0.2) is 20.7 Å². The van der Waals surface area contributed by atoms with Gasteiger partial charge in [0.1, 0.15) is 11.6 Å². The van der Waals surface area contributed by atoms with Crippen LogP contribution in [-0.2, 0) is 6.54 Å². The van der Waals surface area contributed by atoms with Crippen LogP contribution < -0.4 is 5.32 Å². The number of anilines is 1. The summed E-state index contributed by atoms with van der Waals surface area (Å²) < 4.78 is 15.3. The van der Waals surface area contributed by atoms with Gasteiger partial charge in [-0.3, -0.25) is 9.78 Å². The molecule has 0 radical (unpaired) electrons. The molecular formula is C22H17FN4O. The zero-order valence-electron chi connectivity index (χ0n) is 14.9. The molecule has 0 unspecified atom stereocenters. The Hall–Kier alpha value is -3.80. The van der Waals surface area contributed by atoms with Crippen molar-refractivity contribution in [2.75, 3.05) is 5.32 Å². The van der Waals surface area contributed by atoms with Crippen molar-refractivity contribution >= 4 is 11.7 Å². The fraction of sp³-hybridized carbons (Fsp3) is 0.0455. The van der Waals surface area contributed by atoms with E-state index in [1.54, 1.807) is 36.7 Å². The van der Waals surface area contributed by atoms with E-state index in [1.165, 1.54) is 16.8 Å². The lowest BCUT2D eigenvalue weighted by Crippen LogP contribution is -2.18. The van der Waals surface area contributed by atoms with Crippen molar-refractivity contribution in [1.82, 2.24) is 14.8 Å². The van der Waals surface area contributed by atoms with Gasteiger partial charge >= 0.3 is 0 Å². The summed E-state index contributed by atoms with van der Waals surface area (Å²) in [7, 11) is 0. The number of hydrogen-bond acceptors (Lipinski definition) is 4. The van der Waals surface area contributed by atoms with E-state index >= 15 is 0 Å². The summed E-state index contributed by atoms with van der Waals surface area (Å²) in [5, 5.41) is 7.63. The summed E-state index contributed by atoms with van der Waals surface area (Å²) in [6, 6.07) is 21.1. The molecule has 5 nitrogen and oxygen atoms in total. The topological polar surface area (TPSA) is 59.8 Å². The van der Waals surface area contributed by atoms with E-state index in [2.05, 4.69) is 15.4 Å². The van der Waals surface area contributed by atoms with Crippen molar-refractivity contribution in [2.45, 2.75) is 6.54 Å². The second-order valence-corrected chi connectivity index (χ2v) is 6.19. The molecule has 1 N–H and O–H groups in total. The van der Waals surface area contributed by atoms with Crippen LogP contribution in [0.25, 0.3) is 11.3 Å². The second-order valence-electron chi connectivity index (χ2n) is 6.19. The van der Waals surface area contributed by atoms with Crippen molar-refractivity contribution < 1.29 is 9.18 Å². The first-order chi connectivity index (χ1) is 13.7. The molecule has 2 heterocycles. The third kappa shape index (κ3) is 3.66. The van der Waals surface area contributed by atoms with Gasteiger partial charge in [0.25, 0.3) is 5.91 Å². The Morgan fingerprint density at radius 2 is 1.79 bits per heavy atom. The number of rotatable bonds is 5. The molecule has 4 aromatic rings. The molecule has 0 atom stereocenters. The molecule has 0 saturated heterocycles. The highest BCUT2D eigenvalue weighted by Gasteiger charge is 2.19. The normalized spacial score (nSPS) is 10.6. The van der Waals surface area contributed by atoms with Crippen LogP contribution in [0.3, 0.4) is 0 Å². The standard InChI is InChI=1S/C22H17FN4O/c23-19-11-5-4-10-18(19)22(28)27-21(25-14-16-7-2-1-3-8-16)13-20(26-27)17-9-6-12-24-15-17/h1-13,15,25H,14H2. The predicted octanol–water partition coefficient (Wildman–Crippen LogP) is 4.38. The maximum absolute atomic E-state index is 14.1. The summed E-state index contributed by atoms with van der Waals surface area (Å²) in [4.78, 5) is 17.0. The highest BCUT2D eigenvalue weighted by Crippen LogP contribution is 2.23. The Bertz CT molecular complexity index is 1090. The van der Waals surface area contributed by atoms with Crippen LogP contribution in [0.4, 0.5) is 10.2 Å². The van der Waals surface area contributed by atoms with E-state index in [4.69, 9.17) is 0 Å². The fourth-order valence-corrected chi connectivity index (χ4v) is 2.85. The lowest BCUT2D eigenvalue weighted by molar-refractivity contribution is 0.0944. The van der Waals surface area contributed by atoms with Crippen molar-refractivity contribution in [3.05, 3.63) is 102 Å². The monoisotopic (exact) mass is 372 g/mol. The molecule has 0 amide bonds. The Morgan fingerprint density at radius 1 is 1.00 bits per heavy atom. The minimum Gasteiger partial charge on any atom is -0.366 e. The van der Waals surface area contributed by atoms with E-state index in [9.17, 15) is 9.18 Å². The van der Waals surface area contributed by atoms with E-state index in [0.29, 0.717) is 18.1 Å². The zero-order chi connectivity index (χ0) is 19.3. The fourth-order valence-electron chi connectivity index (χ4n) is 2.85. The van der Waals surface area contributed by atoms with Gasteiger partial charge in [0, 0.05) is 30.6 Å². The van der Waals surface area contributed by atoms with Crippen LogP contribution in [0.5, 0.6) is 0 Å². The Morgan fingerprint density at radius 3 is 2.54 bits per heavy atom. The van der Waals surface area contributed by atoms with Crippen molar-refractivity contribution in [3.63, 3.8) is 0 Å². The highest BCUT2D eigenvalue weighted by molar-refractivity contribution is 5.97. The maximum Gasteiger partial charge on any atom is 0.283 e. The van der Waals surface area contributed by atoms with Crippen molar-refractivity contribution in [2.24, 2.45) is 0 Å². The number of nitrogens with zero attached hydrogens (tertiary/aromatic N) is 3. The minimum absolute atomic E-state index is 0.0360. The van der Waals surface area contributed by atoms with Crippen LogP contribution in [0, 0.1) is 5.82 Å². The average molecular weight is 372 g/mol. The van der Waals surface area contributed by atoms with Gasteiger partial charge in [0.15, 0.2) is 0 Å². The quantitative estimate of drug-likeness (QED) is 0.565. The summed E-state index contributed by atoms with van der Waals surface area (Å²) in [5.74, 6) is -0.639. The number of hydrogen-bond donors (Lipinski definition) is 1. The molecule has 0 aliphatic carbocycles. The molecule has 0 bridgehead atoms. The molecule has 0 saturated carbocycles. The molecule has 0 spiro atoms. The number of carbonyl (C=O) groups is 1. The number of benzene rings is 2. The number of aromatic nitrogens is 3. The van der Waals surface area contributed by atoms with E-state index in [0.717, 1.165) is 11.1 Å². The molecule has 0 aliphatic heterocycles. The second kappa shape index (κ2) is 7.84. The summed E-state index contributed by atoms with van der Waals surface area (Å²) >= 11 is 0. The third-order valence-corrected chi connectivity index (χ3v) is 4.28. The molecule has 2 aromatic heterocycles. The van der Waals surface area contributed by atoms with Gasteiger partial charge in [-0.2, -0.15) is 9.78 Å². The first kappa shape index (κ1) is 17.6. The summed E-state index contributed by atoms with van der Waals surface area (Å²) in [6.07, 6.45) is 3.33. The lowest BCUT2D eigenvalue weighted by Gasteiger charge is -2.09. The molecule has 0 aliphatic rings. The first-order valence-electron chi connectivity index (χ1n) is 8.80. The van der Waals surface area contributed by atoms with Gasteiger partial charge in [-0.1, -0.05) is 42.5 Å². The van der Waals surface area contributed by atoms with Gasteiger partial charge in [0.2, 0.25) is 0 Å². The van der Waals surface area contributed by atoms with E-state index in [-0.39, 0.29) is 5.56 Å². The number of pyridine rings is 1. The SMILES string of the molecule is O=C(c1ccccc1F)n1nc(-c2cccnc2)cc1NCc1ccccc1. The molecule has 6 heteroatoms. The van der Waals surface area contributed by atoms with E-state index < -0.39 is 11.7 Å². The lowest BCUT2D eigenvalue weighted by atomic mass is 10.2.